The number of rotatable bonds is 5. The van der Waals surface area contributed by atoms with Crippen molar-refractivity contribution in [2.75, 3.05) is 5.88 Å². The van der Waals surface area contributed by atoms with Gasteiger partial charge in [-0.1, -0.05) is 26.0 Å². The molecule has 2 aromatic rings. The predicted molar refractivity (Wildman–Crippen MR) is 78.3 cm³/mol. The van der Waals surface area contributed by atoms with Crippen molar-refractivity contribution in [3.63, 3.8) is 0 Å². The zero-order valence-corrected chi connectivity index (χ0v) is 12.2. The number of para-hydroxylation sites is 1. The average Bonchev–Trinajstić information content (AvgIpc) is 2.66. The molecule has 0 atom stereocenters. The van der Waals surface area contributed by atoms with Gasteiger partial charge in [0.15, 0.2) is 0 Å². The number of alkyl halides is 1. The summed E-state index contributed by atoms with van der Waals surface area (Å²) in [6.45, 7) is 7.66. The minimum atomic E-state index is 0.629. The van der Waals surface area contributed by atoms with Crippen molar-refractivity contribution in [1.82, 2.24) is 9.55 Å². The van der Waals surface area contributed by atoms with Crippen molar-refractivity contribution in [2.45, 2.75) is 40.2 Å². The number of hydrogen-bond acceptors (Lipinski definition) is 1. The first-order chi connectivity index (χ1) is 8.63. The van der Waals surface area contributed by atoms with Crippen molar-refractivity contribution in [3.8, 4) is 0 Å². The maximum absolute atomic E-state index is 5.88. The molecule has 0 bridgehead atoms. The molecule has 1 heterocycles. The van der Waals surface area contributed by atoms with Gasteiger partial charge < -0.3 is 4.57 Å². The summed E-state index contributed by atoms with van der Waals surface area (Å²) in [6.07, 6.45) is 2.02. The number of hydrogen-bond donors (Lipinski definition) is 0. The molecule has 1 aromatic carbocycles. The molecular weight excluding hydrogens is 244 g/mol. The van der Waals surface area contributed by atoms with Crippen molar-refractivity contribution in [2.24, 2.45) is 5.92 Å². The highest BCUT2D eigenvalue weighted by atomic mass is 35.5. The largest absolute Gasteiger partial charge is 0.328 e. The highest BCUT2D eigenvalue weighted by molar-refractivity contribution is 6.17. The first-order valence-electron chi connectivity index (χ1n) is 6.64. The molecule has 0 amide bonds. The number of aryl methyl sites for hydroxylation is 3. The van der Waals surface area contributed by atoms with Crippen LogP contribution in [0, 0.1) is 12.8 Å². The first kappa shape index (κ1) is 13.4. The molecule has 0 aliphatic rings. The highest BCUT2D eigenvalue weighted by Crippen LogP contribution is 2.21. The zero-order chi connectivity index (χ0) is 13.1. The van der Waals surface area contributed by atoms with Crippen LogP contribution in [0.5, 0.6) is 0 Å². The second kappa shape index (κ2) is 5.75. The van der Waals surface area contributed by atoms with Crippen LogP contribution in [0.4, 0.5) is 0 Å². The fourth-order valence-electron chi connectivity index (χ4n) is 2.25. The summed E-state index contributed by atoms with van der Waals surface area (Å²) in [5, 5.41) is 0. The summed E-state index contributed by atoms with van der Waals surface area (Å²) >= 11 is 5.88. The van der Waals surface area contributed by atoms with Gasteiger partial charge in [0.05, 0.1) is 11.0 Å². The molecule has 0 fully saturated rings. The molecule has 3 heteroatoms. The lowest BCUT2D eigenvalue weighted by molar-refractivity contribution is 0.513. The van der Waals surface area contributed by atoms with Crippen molar-refractivity contribution in [3.05, 3.63) is 29.6 Å². The van der Waals surface area contributed by atoms with Crippen molar-refractivity contribution in [1.29, 1.82) is 0 Å². The second-order valence-corrected chi connectivity index (χ2v) is 5.62. The Hall–Kier alpha value is -1.02. The normalized spacial score (nSPS) is 11.6. The molecule has 0 spiro atoms. The minimum absolute atomic E-state index is 0.629. The molecule has 0 aliphatic heterocycles. The van der Waals surface area contributed by atoms with Gasteiger partial charge in [0.25, 0.3) is 0 Å². The molecule has 0 aliphatic carbocycles. The Balaban J connectivity index is 2.45. The van der Waals surface area contributed by atoms with E-state index < -0.39 is 0 Å². The monoisotopic (exact) mass is 264 g/mol. The van der Waals surface area contributed by atoms with E-state index in [1.165, 1.54) is 17.5 Å². The van der Waals surface area contributed by atoms with Gasteiger partial charge in [-0.3, -0.25) is 0 Å². The van der Waals surface area contributed by atoms with Crippen LogP contribution < -0.4 is 0 Å². The van der Waals surface area contributed by atoms with Crippen LogP contribution in [0.25, 0.3) is 11.0 Å². The van der Waals surface area contributed by atoms with Gasteiger partial charge in [-0.15, -0.1) is 11.6 Å². The van der Waals surface area contributed by atoms with Gasteiger partial charge in [0.2, 0.25) is 0 Å². The average molecular weight is 265 g/mol. The molecule has 2 rings (SSSR count). The summed E-state index contributed by atoms with van der Waals surface area (Å²) in [4.78, 5) is 4.76. The maximum Gasteiger partial charge on any atom is 0.111 e. The third kappa shape index (κ3) is 2.69. The van der Waals surface area contributed by atoms with Crippen LogP contribution in [0.15, 0.2) is 18.2 Å². The van der Waals surface area contributed by atoms with Gasteiger partial charge in [-0.25, -0.2) is 4.98 Å². The van der Waals surface area contributed by atoms with Crippen molar-refractivity contribution >= 4 is 22.6 Å². The summed E-state index contributed by atoms with van der Waals surface area (Å²) in [5.74, 6) is 2.45. The summed E-state index contributed by atoms with van der Waals surface area (Å²) in [7, 11) is 0. The lowest BCUT2D eigenvalue weighted by Crippen LogP contribution is -2.06. The van der Waals surface area contributed by atoms with E-state index in [0.29, 0.717) is 11.8 Å². The number of halogens is 1. The predicted octanol–water partition coefficient (Wildman–Crippen LogP) is 4.17. The Morgan fingerprint density at radius 2 is 2.11 bits per heavy atom. The Morgan fingerprint density at radius 1 is 1.33 bits per heavy atom. The topological polar surface area (TPSA) is 17.8 Å². The molecule has 18 heavy (non-hydrogen) atoms. The minimum Gasteiger partial charge on any atom is -0.328 e. The van der Waals surface area contributed by atoms with E-state index >= 15 is 0 Å². The molecule has 0 unspecified atom stereocenters. The van der Waals surface area contributed by atoms with Crippen LogP contribution in [0.2, 0.25) is 0 Å². The Bertz CT molecular complexity index is 529. The van der Waals surface area contributed by atoms with E-state index in [1.54, 1.807) is 0 Å². The van der Waals surface area contributed by atoms with E-state index in [2.05, 4.69) is 43.5 Å². The smallest absolute Gasteiger partial charge is 0.111 e. The lowest BCUT2D eigenvalue weighted by atomic mass is 10.1. The number of nitrogens with zero attached hydrogens (tertiary/aromatic N) is 2. The van der Waals surface area contributed by atoms with E-state index in [9.17, 15) is 0 Å². The number of aromatic nitrogens is 2. The second-order valence-electron chi connectivity index (χ2n) is 5.24. The van der Waals surface area contributed by atoms with Gasteiger partial charge >= 0.3 is 0 Å². The van der Waals surface area contributed by atoms with Gasteiger partial charge in [-0.05, 0) is 30.9 Å². The molecule has 0 saturated carbocycles. The van der Waals surface area contributed by atoms with E-state index in [4.69, 9.17) is 16.6 Å². The molecule has 0 N–H and O–H groups in total. The van der Waals surface area contributed by atoms with Gasteiger partial charge in [-0.2, -0.15) is 0 Å². The van der Waals surface area contributed by atoms with E-state index in [0.717, 1.165) is 24.3 Å². The van der Waals surface area contributed by atoms with E-state index in [1.807, 2.05) is 0 Å². The van der Waals surface area contributed by atoms with Crippen LogP contribution in [0.3, 0.4) is 0 Å². The number of benzene rings is 1. The van der Waals surface area contributed by atoms with E-state index in [-0.39, 0.29) is 0 Å². The quantitative estimate of drug-likeness (QED) is 0.741. The molecular formula is C15H21ClN2. The first-order valence-corrected chi connectivity index (χ1v) is 7.17. The Labute approximate surface area is 114 Å². The van der Waals surface area contributed by atoms with Gasteiger partial charge in [0.1, 0.15) is 5.82 Å². The molecule has 1 aromatic heterocycles. The van der Waals surface area contributed by atoms with Crippen LogP contribution in [0.1, 0.15) is 31.7 Å². The number of fused-ring (bicyclic) bond motifs is 1. The fourth-order valence-corrected chi connectivity index (χ4v) is 2.42. The van der Waals surface area contributed by atoms with Crippen molar-refractivity contribution < 1.29 is 0 Å². The standard InChI is InChI=1S/C15H21ClN2/c1-11(2)8-10-18-13-6-4-5-12(3)15(13)17-14(18)7-9-16/h4-6,11H,7-10H2,1-3H3. The Morgan fingerprint density at radius 3 is 2.78 bits per heavy atom. The summed E-state index contributed by atoms with van der Waals surface area (Å²) in [6, 6.07) is 6.38. The maximum atomic E-state index is 5.88. The molecule has 2 nitrogen and oxygen atoms in total. The summed E-state index contributed by atoms with van der Waals surface area (Å²) in [5.41, 5.74) is 3.61. The highest BCUT2D eigenvalue weighted by Gasteiger charge is 2.11. The molecule has 0 saturated heterocycles. The SMILES string of the molecule is Cc1cccc2c1nc(CCCl)n2CCC(C)C. The van der Waals surface area contributed by atoms with Crippen LogP contribution in [-0.2, 0) is 13.0 Å². The molecule has 98 valence electrons. The third-order valence-electron chi connectivity index (χ3n) is 3.31. The Kier molecular flexibility index (Phi) is 4.28. The van der Waals surface area contributed by atoms with Crippen LogP contribution in [-0.4, -0.2) is 15.4 Å². The summed E-state index contributed by atoms with van der Waals surface area (Å²) < 4.78 is 2.34. The lowest BCUT2D eigenvalue weighted by Gasteiger charge is -2.10. The molecule has 0 radical (unpaired) electrons. The van der Waals surface area contributed by atoms with Crippen LogP contribution >= 0.6 is 11.6 Å². The fraction of sp³-hybridized carbons (Fsp3) is 0.533. The zero-order valence-electron chi connectivity index (χ0n) is 11.4. The number of imidazole rings is 1. The van der Waals surface area contributed by atoms with Gasteiger partial charge in [0, 0.05) is 18.8 Å². The third-order valence-corrected chi connectivity index (χ3v) is 3.50.